The number of carbonyl (C=O) groups is 1. The van der Waals surface area contributed by atoms with Gasteiger partial charge in [0.2, 0.25) is 5.91 Å². The molecule has 2 unspecified atom stereocenters. The fourth-order valence-corrected chi connectivity index (χ4v) is 2.25. The lowest BCUT2D eigenvalue weighted by Crippen LogP contribution is -2.35. The third-order valence-corrected chi connectivity index (χ3v) is 2.77. The van der Waals surface area contributed by atoms with Crippen molar-refractivity contribution in [2.24, 2.45) is 0 Å². The molecule has 2 atom stereocenters. The summed E-state index contributed by atoms with van der Waals surface area (Å²) in [5.41, 5.74) is 0.434. The zero-order chi connectivity index (χ0) is 12.8. The van der Waals surface area contributed by atoms with E-state index >= 15 is 0 Å². The third-order valence-electron chi connectivity index (χ3n) is 2.39. The van der Waals surface area contributed by atoms with Crippen molar-refractivity contribution in [3.05, 3.63) is 35.6 Å². The lowest BCUT2D eigenvalue weighted by atomic mass is 10.1. The molecule has 0 bridgehead atoms. The van der Waals surface area contributed by atoms with Crippen LogP contribution in [0.4, 0.5) is 4.39 Å². The molecule has 1 rings (SSSR count). The van der Waals surface area contributed by atoms with Crippen LogP contribution in [0.25, 0.3) is 0 Å². The Morgan fingerprint density at radius 3 is 2.65 bits per heavy atom. The van der Waals surface area contributed by atoms with Gasteiger partial charge in [-0.15, -0.1) is 0 Å². The molecule has 0 saturated heterocycles. The Balaban J connectivity index is 2.47. The van der Waals surface area contributed by atoms with Gasteiger partial charge in [-0.1, -0.05) is 41.1 Å². The lowest BCUT2D eigenvalue weighted by Gasteiger charge is -2.15. The van der Waals surface area contributed by atoms with Crippen LogP contribution in [0.2, 0.25) is 0 Å². The number of nitrogens with one attached hydrogen (secondary N) is 1. The van der Waals surface area contributed by atoms with Gasteiger partial charge in [0, 0.05) is 10.9 Å². The summed E-state index contributed by atoms with van der Waals surface area (Å²) in [6.45, 7) is 3.97. The normalized spacial score (nSPS) is 14.1. The quantitative estimate of drug-likeness (QED) is 0.832. The van der Waals surface area contributed by atoms with E-state index in [1.54, 1.807) is 18.2 Å². The Morgan fingerprint density at radius 1 is 1.41 bits per heavy atom. The van der Waals surface area contributed by atoms with Crippen LogP contribution in [0.15, 0.2) is 24.3 Å². The maximum absolute atomic E-state index is 13.3. The molecule has 1 aromatic carbocycles. The number of carbonyl (C=O) groups excluding carboxylic acids is 1. The van der Waals surface area contributed by atoms with Crippen molar-refractivity contribution in [3.8, 4) is 0 Å². The summed E-state index contributed by atoms with van der Waals surface area (Å²) < 4.78 is 13.3. The van der Waals surface area contributed by atoms with Gasteiger partial charge in [-0.3, -0.25) is 4.79 Å². The highest BCUT2D eigenvalue weighted by Crippen LogP contribution is 2.09. The first kappa shape index (κ1) is 14.2. The molecule has 0 aliphatic heterocycles. The van der Waals surface area contributed by atoms with Crippen molar-refractivity contribution in [2.45, 2.75) is 37.6 Å². The Bertz CT molecular complexity index is 381. The van der Waals surface area contributed by atoms with Crippen molar-refractivity contribution < 1.29 is 9.18 Å². The van der Waals surface area contributed by atoms with Gasteiger partial charge in [0.05, 0.1) is 6.42 Å². The van der Waals surface area contributed by atoms with Gasteiger partial charge in [0.1, 0.15) is 5.82 Å². The summed E-state index contributed by atoms with van der Waals surface area (Å²) in [4.78, 5) is 12.0. The van der Waals surface area contributed by atoms with Crippen molar-refractivity contribution in [3.63, 3.8) is 0 Å². The van der Waals surface area contributed by atoms with Gasteiger partial charge in [0.15, 0.2) is 0 Å². The van der Waals surface area contributed by atoms with E-state index in [-0.39, 0.29) is 24.2 Å². The predicted molar refractivity (Wildman–Crippen MR) is 70.7 cm³/mol. The van der Waals surface area contributed by atoms with Crippen LogP contribution in [-0.4, -0.2) is 16.8 Å². The van der Waals surface area contributed by atoms with Gasteiger partial charge in [-0.05, 0) is 25.0 Å². The Labute approximate surface area is 110 Å². The van der Waals surface area contributed by atoms with Crippen LogP contribution in [0.5, 0.6) is 0 Å². The summed E-state index contributed by atoms with van der Waals surface area (Å²) in [5, 5.41) is 2.85. The first-order chi connectivity index (χ1) is 7.99. The zero-order valence-corrected chi connectivity index (χ0v) is 11.6. The minimum atomic E-state index is -0.329. The molecule has 0 heterocycles. The summed E-state index contributed by atoms with van der Waals surface area (Å²) >= 11 is 3.43. The highest BCUT2D eigenvalue weighted by Gasteiger charge is 2.11. The van der Waals surface area contributed by atoms with E-state index < -0.39 is 0 Å². The summed E-state index contributed by atoms with van der Waals surface area (Å²) in [7, 11) is 0. The molecule has 0 aromatic heterocycles. The van der Waals surface area contributed by atoms with Crippen LogP contribution in [0.3, 0.4) is 0 Å². The highest BCUT2D eigenvalue weighted by molar-refractivity contribution is 9.09. The summed E-state index contributed by atoms with van der Waals surface area (Å²) in [6.07, 6.45) is 0.941. The second-order valence-corrected chi connectivity index (χ2v) is 5.82. The molecule has 17 heavy (non-hydrogen) atoms. The average Bonchev–Trinajstić information content (AvgIpc) is 2.19. The first-order valence-corrected chi connectivity index (χ1v) is 6.57. The number of hydrogen-bond donors (Lipinski definition) is 1. The highest BCUT2D eigenvalue weighted by atomic mass is 79.9. The molecule has 0 radical (unpaired) electrons. The molecular formula is C13H17BrFNO. The largest absolute Gasteiger partial charge is 0.353 e. The minimum absolute atomic E-state index is 0.0867. The molecule has 1 amide bonds. The molecule has 0 aliphatic carbocycles. The summed E-state index contributed by atoms with van der Waals surface area (Å²) in [5.74, 6) is -0.472. The van der Waals surface area contributed by atoms with Crippen LogP contribution >= 0.6 is 15.9 Å². The number of benzene rings is 1. The van der Waals surface area contributed by atoms with Crippen LogP contribution < -0.4 is 5.32 Å². The van der Waals surface area contributed by atoms with Gasteiger partial charge < -0.3 is 5.32 Å². The summed E-state index contributed by atoms with van der Waals surface area (Å²) in [6, 6.07) is 6.43. The van der Waals surface area contributed by atoms with Crippen molar-refractivity contribution in [2.75, 3.05) is 0 Å². The third kappa shape index (κ3) is 5.31. The average molecular weight is 302 g/mol. The van der Waals surface area contributed by atoms with Crippen LogP contribution in [-0.2, 0) is 11.2 Å². The monoisotopic (exact) mass is 301 g/mol. The van der Waals surface area contributed by atoms with Gasteiger partial charge in [-0.2, -0.15) is 0 Å². The van der Waals surface area contributed by atoms with Crippen LogP contribution in [0, 0.1) is 5.82 Å². The zero-order valence-electron chi connectivity index (χ0n) is 10.0. The number of hydrogen-bond acceptors (Lipinski definition) is 1. The van der Waals surface area contributed by atoms with E-state index in [0.717, 1.165) is 6.42 Å². The Hall–Kier alpha value is -0.900. The van der Waals surface area contributed by atoms with E-state index in [2.05, 4.69) is 21.2 Å². The second kappa shape index (κ2) is 6.74. The maximum Gasteiger partial charge on any atom is 0.224 e. The number of rotatable bonds is 5. The van der Waals surface area contributed by atoms with Gasteiger partial charge in [0.25, 0.3) is 0 Å². The van der Waals surface area contributed by atoms with Crippen molar-refractivity contribution in [1.29, 1.82) is 0 Å². The first-order valence-electron chi connectivity index (χ1n) is 5.66. The molecule has 0 saturated carbocycles. The fourth-order valence-electron chi connectivity index (χ4n) is 1.69. The number of alkyl halides is 1. The minimum Gasteiger partial charge on any atom is -0.353 e. The molecule has 0 fully saturated rings. The SMILES string of the molecule is CC(Br)CC(C)NC(=O)Cc1ccccc1F. The van der Waals surface area contributed by atoms with E-state index in [9.17, 15) is 9.18 Å². The molecule has 94 valence electrons. The van der Waals surface area contributed by atoms with Crippen molar-refractivity contribution >= 4 is 21.8 Å². The maximum atomic E-state index is 13.3. The smallest absolute Gasteiger partial charge is 0.224 e. The molecule has 1 N–H and O–H groups in total. The standard InChI is InChI=1S/C13H17BrFNO/c1-9(14)7-10(2)16-13(17)8-11-5-3-4-6-12(11)15/h3-6,9-10H,7-8H2,1-2H3,(H,16,17). The molecule has 4 heteroatoms. The number of halogens is 2. The fraction of sp³-hybridized carbons (Fsp3) is 0.462. The Kier molecular flexibility index (Phi) is 5.62. The van der Waals surface area contributed by atoms with Crippen molar-refractivity contribution in [1.82, 2.24) is 5.32 Å². The molecular weight excluding hydrogens is 285 g/mol. The predicted octanol–water partition coefficient (Wildman–Crippen LogP) is 3.05. The lowest BCUT2D eigenvalue weighted by molar-refractivity contribution is -0.121. The molecule has 2 nitrogen and oxygen atoms in total. The Morgan fingerprint density at radius 2 is 2.06 bits per heavy atom. The van der Waals surface area contributed by atoms with E-state index in [0.29, 0.717) is 10.4 Å². The second-order valence-electron chi connectivity index (χ2n) is 4.25. The van der Waals surface area contributed by atoms with E-state index in [4.69, 9.17) is 0 Å². The molecule has 1 aromatic rings. The topological polar surface area (TPSA) is 29.1 Å². The molecule has 0 spiro atoms. The van der Waals surface area contributed by atoms with Gasteiger partial charge >= 0.3 is 0 Å². The van der Waals surface area contributed by atoms with Crippen LogP contribution in [0.1, 0.15) is 25.8 Å². The molecule has 0 aliphatic rings. The van der Waals surface area contributed by atoms with E-state index in [1.807, 2.05) is 13.8 Å². The van der Waals surface area contributed by atoms with Gasteiger partial charge in [-0.25, -0.2) is 4.39 Å². The van der Waals surface area contributed by atoms with E-state index in [1.165, 1.54) is 6.07 Å². The number of amides is 1.